The number of phenols is 1. The third-order valence-corrected chi connectivity index (χ3v) is 12.6. The van der Waals surface area contributed by atoms with E-state index in [-0.39, 0.29) is 63.2 Å². The number of nitrogens with zero attached hydrogens (tertiary/aromatic N) is 3. The van der Waals surface area contributed by atoms with E-state index >= 15 is 0 Å². The van der Waals surface area contributed by atoms with Gasteiger partial charge in [0.15, 0.2) is 5.96 Å². The molecule has 25 nitrogen and oxygen atoms in total. The smallest absolute Gasteiger partial charge is 0.326 e. The van der Waals surface area contributed by atoms with Crippen molar-refractivity contribution in [2.45, 2.75) is 133 Å². The molecule has 402 valence electrons. The van der Waals surface area contributed by atoms with E-state index in [2.05, 4.69) is 46.9 Å². The Morgan fingerprint density at radius 1 is 0.743 bits per heavy atom. The van der Waals surface area contributed by atoms with Crippen LogP contribution in [0.15, 0.2) is 72.1 Å². The zero-order valence-corrected chi connectivity index (χ0v) is 41.8. The first kappa shape index (κ1) is 58.5. The van der Waals surface area contributed by atoms with Gasteiger partial charge in [-0.05, 0) is 61.8 Å². The highest BCUT2D eigenvalue weighted by Crippen LogP contribution is 2.31. The number of nitrogens with one attached hydrogen (secondary N) is 7. The molecule has 1 heterocycles. The molecule has 3 aromatic rings. The molecule has 7 atom stereocenters. The van der Waals surface area contributed by atoms with Crippen LogP contribution in [0.3, 0.4) is 0 Å². The Kier molecular flexibility index (Phi) is 21.9. The molecule has 0 unspecified atom stereocenters. The Bertz CT molecular complexity index is 2440. The largest absolute Gasteiger partial charge is 0.508 e. The number of imidazole rings is 1. The number of aromatic amines is 1. The van der Waals surface area contributed by atoms with Gasteiger partial charge in [-0.2, -0.15) is 0 Å². The van der Waals surface area contributed by atoms with Crippen molar-refractivity contribution in [1.82, 2.24) is 46.8 Å². The highest BCUT2D eigenvalue weighted by atomic mass is 16.4. The molecule has 0 radical (unpaired) electrons. The summed E-state index contributed by atoms with van der Waals surface area (Å²) in [6.45, 7) is 4.75. The summed E-state index contributed by atoms with van der Waals surface area (Å²) in [6, 6.07) is 5.02. The Balaban J connectivity index is 1.58. The molecule has 1 aliphatic rings. The van der Waals surface area contributed by atoms with Gasteiger partial charge in [0.2, 0.25) is 41.4 Å². The van der Waals surface area contributed by atoms with Crippen molar-refractivity contribution in [3.8, 4) is 5.75 Å². The molecule has 2 aromatic carbocycles. The second-order valence-electron chi connectivity index (χ2n) is 18.7. The van der Waals surface area contributed by atoms with Crippen molar-refractivity contribution in [3.63, 3.8) is 0 Å². The average molecular weight is 1030 g/mol. The average Bonchev–Trinajstić information content (AvgIpc) is 4.06. The number of guanidine groups is 1. The Morgan fingerprint density at radius 3 is 1.93 bits per heavy atom. The van der Waals surface area contributed by atoms with Crippen LogP contribution in [0.4, 0.5) is 0 Å². The number of aliphatic imine (C=N–C) groups is 1. The van der Waals surface area contributed by atoms with Gasteiger partial charge in [0.25, 0.3) is 0 Å². The number of likely N-dealkylation sites (N-methyl/N-ethyl adjacent to an activating group) is 1. The minimum absolute atomic E-state index is 0.0241. The molecule has 16 N–H and O–H groups in total. The fourth-order valence-corrected chi connectivity index (χ4v) is 8.24. The number of nitrogens with two attached hydrogens (primary N) is 3. The summed E-state index contributed by atoms with van der Waals surface area (Å²) in [7, 11) is 1.33. The number of aromatic nitrogens is 2. The molecule has 0 spiro atoms. The second-order valence-corrected chi connectivity index (χ2v) is 18.7. The van der Waals surface area contributed by atoms with Gasteiger partial charge in [-0.25, -0.2) is 9.78 Å². The predicted octanol–water partition coefficient (Wildman–Crippen LogP) is -1.56. The minimum atomic E-state index is -1.61. The number of amides is 7. The zero-order valence-electron chi connectivity index (χ0n) is 41.8. The first-order valence-corrected chi connectivity index (χ1v) is 24.2. The number of aliphatic carboxylic acids is 2. The number of H-pyrrole nitrogens is 1. The molecule has 0 aliphatic heterocycles. The molecule has 0 bridgehead atoms. The topological polar surface area (TPSA) is 409 Å². The van der Waals surface area contributed by atoms with Crippen molar-refractivity contribution in [2.75, 3.05) is 13.6 Å². The summed E-state index contributed by atoms with van der Waals surface area (Å²) < 4.78 is 0. The Hall–Kier alpha value is -8.09. The lowest BCUT2D eigenvalue weighted by Crippen LogP contribution is -2.64. The van der Waals surface area contributed by atoms with Crippen LogP contribution in [0.5, 0.6) is 5.75 Å². The van der Waals surface area contributed by atoms with Crippen molar-refractivity contribution in [1.29, 1.82) is 0 Å². The van der Waals surface area contributed by atoms with Crippen LogP contribution in [0.2, 0.25) is 0 Å². The van der Waals surface area contributed by atoms with Crippen LogP contribution < -0.4 is 49.1 Å². The molecule has 74 heavy (non-hydrogen) atoms. The van der Waals surface area contributed by atoms with Crippen LogP contribution in [0.25, 0.3) is 0 Å². The highest BCUT2D eigenvalue weighted by molar-refractivity contribution is 5.99. The number of carboxylic acids is 2. The van der Waals surface area contributed by atoms with Gasteiger partial charge in [-0.1, -0.05) is 69.2 Å². The van der Waals surface area contributed by atoms with Crippen LogP contribution in [-0.4, -0.2) is 151 Å². The lowest BCUT2D eigenvalue weighted by Gasteiger charge is -2.34. The van der Waals surface area contributed by atoms with Crippen LogP contribution in [-0.2, 0) is 62.4 Å². The number of carbonyl (C=O) groups excluding carboxylic acids is 7. The van der Waals surface area contributed by atoms with Gasteiger partial charge >= 0.3 is 11.9 Å². The van der Waals surface area contributed by atoms with E-state index in [1.54, 1.807) is 44.2 Å². The molecule has 1 fully saturated rings. The van der Waals surface area contributed by atoms with Crippen LogP contribution in [0, 0.1) is 5.92 Å². The monoisotopic (exact) mass is 1030 g/mol. The fourth-order valence-electron chi connectivity index (χ4n) is 8.24. The molecule has 7 amide bonds. The van der Waals surface area contributed by atoms with E-state index < -0.39 is 113 Å². The van der Waals surface area contributed by atoms with Gasteiger partial charge in [0, 0.05) is 44.7 Å². The summed E-state index contributed by atoms with van der Waals surface area (Å²) in [5, 5.41) is 45.1. The number of rotatable bonds is 28. The lowest BCUT2D eigenvalue weighted by atomic mass is 9.93. The van der Waals surface area contributed by atoms with E-state index in [4.69, 9.17) is 17.2 Å². The molecule has 0 saturated heterocycles. The minimum Gasteiger partial charge on any atom is -0.508 e. The maximum Gasteiger partial charge on any atom is 0.326 e. The summed E-state index contributed by atoms with van der Waals surface area (Å²) in [5.41, 5.74) is 16.6. The lowest BCUT2D eigenvalue weighted by molar-refractivity contribution is -0.145. The molecular formula is C49H69N13O12. The maximum atomic E-state index is 14.6. The number of carboxylic acid groups (broad SMARTS) is 2. The van der Waals surface area contributed by atoms with Gasteiger partial charge in [0.05, 0.1) is 18.8 Å². The number of phenolic OH excluding ortho intramolecular Hbond substituents is 1. The van der Waals surface area contributed by atoms with Crippen LogP contribution >= 0.6 is 0 Å². The first-order chi connectivity index (χ1) is 35.0. The van der Waals surface area contributed by atoms with Crippen molar-refractivity contribution in [2.24, 2.45) is 28.1 Å². The van der Waals surface area contributed by atoms with E-state index in [1.807, 2.05) is 0 Å². The molecule has 4 rings (SSSR count). The third kappa shape index (κ3) is 17.6. The van der Waals surface area contributed by atoms with Gasteiger partial charge in [0.1, 0.15) is 47.5 Å². The quantitative estimate of drug-likeness (QED) is 0.0222. The number of hydrogen-bond donors (Lipinski definition) is 13. The second kappa shape index (κ2) is 27.7. The van der Waals surface area contributed by atoms with Crippen molar-refractivity contribution >= 4 is 59.2 Å². The number of benzene rings is 2. The first-order valence-electron chi connectivity index (χ1n) is 24.2. The SMILES string of the molecule is CC(C)[C@H](NC(=O)[C@H](Cc1ccc(O)cc1)NC(=O)C1(NC(=O)[C@H](CCCN=C(N)N)NC(=O)[C@@H](N)CC(=O)O)CCCC1)C(=O)N[C@@H](Cc1cnc[nH]1)C(=O)N(C)[C@@H](C)C(=O)N[C@@H](Cc1ccccc1)C(=O)O. The number of hydrogen-bond acceptors (Lipinski definition) is 13. The summed E-state index contributed by atoms with van der Waals surface area (Å²) >= 11 is 0. The van der Waals surface area contributed by atoms with Gasteiger partial charge < -0.3 is 74.3 Å². The standard InChI is InChI=1S/C49H69N13O12/c1-27(2)39(44(70)57-36(23-31-25-53-26-55-31)45(71)62(4)28(3)40(66)58-37(46(72)73)22-29-11-6-5-7-12-29)60-42(68)35(21-30-14-16-32(63)17-15-30)59-47(74)49(18-8-9-19-49)61-43(69)34(13-10-20-54-48(51)52)56-41(67)33(50)24-38(64)65/h5-7,11-12,14-17,25-28,33-37,39,63H,8-10,13,18-24,50H2,1-4H3,(H,53,55)(H,56,67)(H,57,70)(H,58,66)(H,59,74)(H,60,68)(H,61,69)(H,64,65)(H,72,73)(H4,51,52,54)/t28-,33-,34-,35-,36-,37-,39-/m0/s1. The maximum absolute atomic E-state index is 14.6. The van der Waals surface area contributed by atoms with Crippen molar-refractivity contribution in [3.05, 3.63) is 83.9 Å². The summed E-state index contributed by atoms with van der Waals surface area (Å²) in [5.74, 6) is -9.18. The molecule has 1 saturated carbocycles. The van der Waals surface area contributed by atoms with E-state index in [0.717, 1.165) is 4.90 Å². The summed E-state index contributed by atoms with van der Waals surface area (Å²) in [4.78, 5) is 134. The summed E-state index contributed by atoms with van der Waals surface area (Å²) in [6.07, 6.45) is 3.09. The highest BCUT2D eigenvalue weighted by Gasteiger charge is 2.45. The normalized spacial score (nSPS) is 15.6. The van der Waals surface area contributed by atoms with E-state index in [0.29, 0.717) is 29.7 Å². The molecule has 25 heteroatoms. The Morgan fingerprint density at radius 2 is 1.35 bits per heavy atom. The van der Waals surface area contributed by atoms with Crippen molar-refractivity contribution < 1.29 is 58.5 Å². The van der Waals surface area contributed by atoms with E-state index in [1.165, 1.54) is 50.8 Å². The molecular weight excluding hydrogens is 963 g/mol. The Labute approximate surface area is 427 Å². The fraction of sp³-hybridized carbons (Fsp3) is 0.490. The number of carbonyl (C=O) groups is 9. The van der Waals surface area contributed by atoms with Gasteiger partial charge in [-0.15, -0.1) is 0 Å². The van der Waals surface area contributed by atoms with Gasteiger partial charge in [-0.3, -0.25) is 43.3 Å². The van der Waals surface area contributed by atoms with E-state index in [9.17, 15) is 58.5 Å². The van der Waals surface area contributed by atoms with Crippen LogP contribution in [0.1, 0.15) is 82.5 Å². The third-order valence-electron chi connectivity index (χ3n) is 12.6. The zero-order chi connectivity index (χ0) is 54.7. The molecule has 1 aliphatic carbocycles. The predicted molar refractivity (Wildman–Crippen MR) is 268 cm³/mol. The number of aromatic hydroxyl groups is 1. The molecule has 1 aromatic heterocycles.